The van der Waals surface area contributed by atoms with Gasteiger partial charge in [0.1, 0.15) is 0 Å². The lowest BCUT2D eigenvalue weighted by Crippen LogP contribution is -2.23. The second-order valence-electron chi connectivity index (χ2n) is 5.88. The molecule has 0 saturated heterocycles. The molecule has 2 atom stereocenters. The SMILES string of the molecule is CCNC(CC(C)CC)c1ccc(C)c2ccccc12. The minimum Gasteiger partial charge on any atom is -0.310 e. The third-order valence-corrected chi connectivity index (χ3v) is 4.34. The molecule has 0 saturated carbocycles. The highest BCUT2D eigenvalue weighted by molar-refractivity contribution is 5.88. The fraction of sp³-hybridized carbons (Fsp3) is 0.474. The van der Waals surface area contributed by atoms with E-state index < -0.39 is 0 Å². The van der Waals surface area contributed by atoms with Gasteiger partial charge in [-0.05, 0) is 47.7 Å². The van der Waals surface area contributed by atoms with Crippen LogP contribution >= 0.6 is 0 Å². The minimum absolute atomic E-state index is 0.459. The van der Waals surface area contributed by atoms with E-state index in [0.717, 1.165) is 12.5 Å². The topological polar surface area (TPSA) is 12.0 Å². The lowest BCUT2D eigenvalue weighted by Gasteiger charge is -2.23. The zero-order valence-corrected chi connectivity index (χ0v) is 13.2. The van der Waals surface area contributed by atoms with Gasteiger partial charge in [-0.2, -0.15) is 0 Å². The van der Waals surface area contributed by atoms with Crippen molar-refractivity contribution < 1.29 is 0 Å². The van der Waals surface area contributed by atoms with E-state index in [-0.39, 0.29) is 0 Å². The Morgan fingerprint density at radius 2 is 1.70 bits per heavy atom. The molecule has 0 fully saturated rings. The van der Waals surface area contributed by atoms with Crippen LogP contribution in [0, 0.1) is 12.8 Å². The maximum atomic E-state index is 3.68. The fourth-order valence-corrected chi connectivity index (χ4v) is 2.91. The predicted octanol–water partition coefficient (Wildman–Crippen LogP) is 5.24. The average molecular weight is 269 g/mol. The Morgan fingerprint density at radius 3 is 2.35 bits per heavy atom. The van der Waals surface area contributed by atoms with Crippen molar-refractivity contribution in [3.63, 3.8) is 0 Å². The monoisotopic (exact) mass is 269 g/mol. The molecule has 0 aliphatic carbocycles. The van der Waals surface area contributed by atoms with Crippen molar-refractivity contribution in [2.24, 2.45) is 5.92 Å². The number of nitrogens with one attached hydrogen (secondary N) is 1. The Bertz CT molecular complexity index is 559. The summed E-state index contributed by atoms with van der Waals surface area (Å²) in [6.07, 6.45) is 2.45. The van der Waals surface area contributed by atoms with Gasteiger partial charge in [-0.1, -0.05) is 63.6 Å². The van der Waals surface area contributed by atoms with Crippen molar-refractivity contribution >= 4 is 10.8 Å². The molecule has 0 bridgehead atoms. The predicted molar refractivity (Wildman–Crippen MR) is 89.2 cm³/mol. The van der Waals surface area contributed by atoms with Crippen LogP contribution in [0.4, 0.5) is 0 Å². The van der Waals surface area contributed by atoms with Gasteiger partial charge in [-0.15, -0.1) is 0 Å². The first-order valence-electron chi connectivity index (χ1n) is 7.89. The van der Waals surface area contributed by atoms with Crippen molar-refractivity contribution in [2.45, 2.75) is 46.6 Å². The summed E-state index contributed by atoms with van der Waals surface area (Å²) >= 11 is 0. The molecular formula is C19H27N. The highest BCUT2D eigenvalue weighted by Gasteiger charge is 2.16. The van der Waals surface area contributed by atoms with Crippen LogP contribution in [0.15, 0.2) is 36.4 Å². The van der Waals surface area contributed by atoms with Crippen LogP contribution in [0.5, 0.6) is 0 Å². The third kappa shape index (κ3) is 3.21. The number of rotatable bonds is 6. The molecule has 20 heavy (non-hydrogen) atoms. The van der Waals surface area contributed by atoms with Crippen LogP contribution in [0.25, 0.3) is 10.8 Å². The molecule has 0 spiro atoms. The first-order valence-corrected chi connectivity index (χ1v) is 7.89. The van der Waals surface area contributed by atoms with E-state index in [1.807, 2.05) is 0 Å². The number of benzene rings is 2. The van der Waals surface area contributed by atoms with Gasteiger partial charge < -0.3 is 5.32 Å². The van der Waals surface area contributed by atoms with Gasteiger partial charge in [-0.3, -0.25) is 0 Å². The van der Waals surface area contributed by atoms with Crippen LogP contribution < -0.4 is 5.32 Å². The molecule has 0 aliphatic rings. The molecule has 0 aliphatic heterocycles. The average Bonchev–Trinajstić information content (AvgIpc) is 2.47. The van der Waals surface area contributed by atoms with Crippen LogP contribution in [0.2, 0.25) is 0 Å². The van der Waals surface area contributed by atoms with Gasteiger partial charge in [0, 0.05) is 6.04 Å². The standard InChI is InChI=1S/C19H27N/c1-5-14(3)13-19(20-6-2)18-12-11-15(4)16-9-7-8-10-17(16)18/h7-12,14,19-20H,5-6,13H2,1-4H3. The van der Waals surface area contributed by atoms with Crippen LogP contribution in [-0.4, -0.2) is 6.54 Å². The number of fused-ring (bicyclic) bond motifs is 1. The van der Waals surface area contributed by atoms with Crippen molar-refractivity contribution in [1.29, 1.82) is 0 Å². The van der Waals surface area contributed by atoms with Crippen molar-refractivity contribution in [3.05, 3.63) is 47.5 Å². The van der Waals surface area contributed by atoms with Gasteiger partial charge in [0.25, 0.3) is 0 Å². The Hall–Kier alpha value is -1.34. The summed E-state index contributed by atoms with van der Waals surface area (Å²) < 4.78 is 0. The molecule has 1 N–H and O–H groups in total. The molecule has 1 nitrogen and oxygen atoms in total. The zero-order valence-electron chi connectivity index (χ0n) is 13.2. The second kappa shape index (κ2) is 6.90. The van der Waals surface area contributed by atoms with Crippen molar-refractivity contribution in [3.8, 4) is 0 Å². The summed E-state index contributed by atoms with van der Waals surface area (Å²) in [4.78, 5) is 0. The quantitative estimate of drug-likeness (QED) is 0.756. The van der Waals surface area contributed by atoms with Gasteiger partial charge >= 0.3 is 0 Å². The largest absolute Gasteiger partial charge is 0.310 e. The second-order valence-corrected chi connectivity index (χ2v) is 5.88. The van der Waals surface area contributed by atoms with E-state index in [4.69, 9.17) is 0 Å². The smallest absolute Gasteiger partial charge is 0.0328 e. The molecule has 108 valence electrons. The van der Waals surface area contributed by atoms with E-state index in [0.29, 0.717) is 6.04 Å². The summed E-state index contributed by atoms with van der Waals surface area (Å²) in [5, 5.41) is 6.47. The molecule has 0 radical (unpaired) electrons. The summed E-state index contributed by atoms with van der Waals surface area (Å²) in [6, 6.07) is 13.8. The van der Waals surface area contributed by atoms with Gasteiger partial charge in [-0.25, -0.2) is 0 Å². The van der Waals surface area contributed by atoms with Gasteiger partial charge in [0.15, 0.2) is 0 Å². The molecule has 2 aromatic rings. The van der Waals surface area contributed by atoms with Gasteiger partial charge in [0.05, 0.1) is 0 Å². The van der Waals surface area contributed by atoms with Crippen molar-refractivity contribution in [1.82, 2.24) is 5.32 Å². The molecular weight excluding hydrogens is 242 g/mol. The summed E-state index contributed by atoms with van der Waals surface area (Å²) in [5.74, 6) is 0.749. The fourth-order valence-electron chi connectivity index (χ4n) is 2.91. The lowest BCUT2D eigenvalue weighted by atomic mass is 9.90. The Morgan fingerprint density at radius 1 is 1.00 bits per heavy atom. The van der Waals surface area contributed by atoms with E-state index in [2.05, 4.69) is 69.4 Å². The molecule has 0 amide bonds. The number of aryl methyl sites for hydroxylation is 1. The van der Waals surface area contributed by atoms with E-state index in [1.54, 1.807) is 0 Å². The number of hydrogen-bond donors (Lipinski definition) is 1. The Labute approximate surface area is 123 Å². The van der Waals surface area contributed by atoms with Crippen molar-refractivity contribution in [2.75, 3.05) is 6.54 Å². The maximum absolute atomic E-state index is 3.68. The molecule has 2 unspecified atom stereocenters. The maximum Gasteiger partial charge on any atom is 0.0328 e. The molecule has 2 rings (SSSR count). The van der Waals surface area contributed by atoms with E-state index in [1.165, 1.54) is 34.7 Å². The Kier molecular flexibility index (Phi) is 5.19. The van der Waals surface area contributed by atoms with Crippen LogP contribution in [0.3, 0.4) is 0 Å². The summed E-state index contributed by atoms with van der Waals surface area (Å²) in [5.41, 5.74) is 2.82. The Balaban J connectivity index is 2.45. The molecule has 0 heterocycles. The van der Waals surface area contributed by atoms with Crippen LogP contribution in [0.1, 0.15) is 50.8 Å². The summed E-state index contributed by atoms with van der Waals surface area (Å²) in [6.45, 7) is 10.0. The highest BCUT2D eigenvalue weighted by atomic mass is 14.9. The minimum atomic E-state index is 0.459. The lowest BCUT2D eigenvalue weighted by molar-refractivity contribution is 0.410. The molecule has 1 heteroatoms. The summed E-state index contributed by atoms with van der Waals surface area (Å²) in [7, 11) is 0. The zero-order chi connectivity index (χ0) is 14.5. The first-order chi connectivity index (χ1) is 9.67. The third-order valence-electron chi connectivity index (χ3n) is 4.34. The van der Waals surface area contributed by atoms with Gasteiger partial charge in [0.2, 0.25) is 0 Å². The normalized spacial score (nSPS) is 14.4. The molecule has 2 aromatic carbocycles. The molecule has 0 aromatic heterocycles. The van der Waals surface area contributed by atoms with E-state index in [9.17, 15) is 0 Å². The first kappa shape index (κ1) is 15.1. The highest BCUT2D eigenvalue weighted by Crippen LogP contribution is 2.30. The van der Waals surface area contributed by atoms with E-state index >= 15 is 0 Å². The number of hydrogen-bond acceptors (Lipinski definition) is 1. The van der Waals surface area contributed by atoms with Crippen LogP contribution in [-0.2, 0) is 0 Å².